The average molecular weight is 188 g/mol. The third-order valence-corrected chi connectivity index (χ3v) is 2.03. The smallest absolute Gasteiger partial charge is 0.128 e. The summed E-state index contributed by atoms with van der Waals surface area (Å²) in [4.78, 5) is 0. The number of para-hydroxylation sites is 1. The van der Waals surface area contributed by atoms with E-state index >= 15 is 0 Å². The first kappa shape index (κ1) is 8.13. The standard InChI is InChI=1S/C10H8N2S/c13-10-7-4-8-11-12(10)9-5-2-1-3-6-9/h1-8H. The van der Waals surface area contributed by atoms with Crippen molar-refractivity contribution in [2.24, 2.45) is 0 Å². The van der Waals surface area contributed by atoms with Crippen molar-refractivity contribution in [2.45, 2.75) is 0 Å². The first-order valence-electron chi connectivity index (χ1n) is 3.98. The molecule has 13 heavy (non-hydrogen) atoms. The number of aromatic nitrogens is 2. The molecule has 3 heteroatoms. The minimum absolute atomic E-state index is 0.716. The fourth-order valence-electron chi connectivity index (χ4n) is 1.12. The van der Waals surface area contributed by atoms with Crippen molar-refractivity contribution in [3.63, 3.8) is 0 Å². The van der Waals surface area contributed by atoms with Gasteiger partial charge >= 0.3 is 0 Å². The van der Waals surface area contributed by atoms with E-state index in [2.05, 4.69) is 5.10 Å². The summed E-state index contributed by atoms with van der Waals surface area (Å²) in [5, 5.41) is 4.16. The van der Waals surface area contributed by atoms with E-state index < -0.39 is 0 Å². The molecule has 0 bridgehead atoms. The van der Waals surface area contributed by atoms with Crippen LogP contribution in [0.3, 0.4) is 0 Å². The van der Waals surface area contributed by atoms with Gasteiger partial charge < -0.3 is 0 Å². The lowest BCUT2D eigenvalue weighted by atomic mass is 10.3. The zero-order chi connectivity index (χ0) is 9.10. The first-order valence-corrected chi connectivity index (χ1v) is 4.38. The van der Waals surface area contributed by atoms with Gasteiger partial charge in [0.1, 0.15) is 4.64 Å². The fourth-order valence-corrected chi connectivity index (χ4v) is 1.35. The van der Waals surface area contributed by atoms with Crippen LogP contribution in [0, 0.1) is 4.64 Å². The molecular formula is C10H8N2S. The molecule has 1 heterocycles. The minimum Gasteiger partial charge on any atom is -0.223 e. The second-order valence-corrected chi connectivity index (χ2v) is 3.03. The van der Waals surface area contributed by atoms with Gasteiger partial charge in [-0.25, -0.2) is 4.68 Å². The van der Waals surface area contributed by atoms with Gasteiger partial charge in [-0.3, -0.25) is 0 Å². The Bertz CT molecular complexity index is 448. The molecule has 2 aromatic rings. The third-order valence-electron chi connectivity index (χ3n) is 1.72. The van der Waals surface area contributed by atoms with Crippen LogP contribution >= 0.6 is 12.2 Å². The molecule has 64 valence electrons. The highest BCUT2D eigenvalue weighted by atomic mass is 32.1. The van der Waals surface area contributed by atoms with Gasteiger partial charge in [0.2, 0.25) is 0 Å². The molecule has 0 saturated carbocycles. The zero-order valence-corrected chi connectivity index (χ0v) is 7.74. The van der Waals surface area contributed by atoms with Crippen molar-refractivity contribution in [1.29, 1.82) is 0 Å². The van der Waals surface area contributed by atoms with Gasteiger partial charge in [-0.05, 0) is 24.3 Å². The molecular weight excluding hydrogens is 180 g/mol. The molecule has 0 atom stereocenters. The van der Waals surface area contributed by atoms with Gasteiger partial charge in [0.05, 0.1) is 5.69 Å². The molecule has 0 aliphatic heterocycles. The van der Waals surface area contributed by atoms with E-state index in [1.807, 2.05) is 42.5 Å². The average Bonchev–Trinajstić information content (AvgIpc) is 2.20. The summed E-state index contributed by atoms with van der Waals surface area (Å²) in [6.07, 6.45) is 1.72. The molecule has 0 aliphatic rings. The lowest BCUT2D eigenvalue weighted by Gasteiger charge is -2.02. The predicted molar refractivity (Wildman–Crippen MR) is 54.4 cm³/mol. The summed E-state index contributed by atoms with van der Waals surface area (Å²) in [5.74, 6) is 0. The van der Waals surface area contributed by atoms with Crippen molar-refractivity contribution in [1.82, 2.24) is 9.78 Å². The molecule has 0 amide bonds. The van der Waals surface area contributed by atoms with Gasteiger partial charge in [0.15, 0.2) is 0 Å². The second-order valence-electron chi connectivity index (χ2n) is 2.61. The van der Waals surface area contributed by atoms with Crippen LogP contribution in [-0.4, -0.2) is 9.78 Å². The Morgan fingerprint density at radius 3 is 2.46 bits per heavy atom. The minimum atomic E-state index is 0.716. The summed E-state index contributed by atoms with van der Waals surface area (Å²) in [6, 6.07) is 13.5. The maximum absolute atomic E-state index is 5.13. The molecule has 0 spiro atoms. The predicted octanol–water partition coefficient (Wildman–Crippen LogP) is 2.60. The van der Waals surface area contributed by atoms with Gasteiger partial charge in [-0.1, -0.05) is 30.4 Å². The van der Waals surface area contributed by atoms with Crippen LogP contribution in [-0.2, 0) is 0 Å². The summed E-state index contributed by atoms with van der Waals surface area (Å²) in [6.45, 7) is 0. The summed E-state index contributed by atoms with van der Waals surface area (Å²) >= 11 is 5.13. The Balaban J connectivity index is 2.60. The number of rotatable bonds is 1. The molecule has 0 fully saturated rings. The van der Waals surface area contributed by atoms with Gasteiger partial charge in [0, 0.05) is 6.20 Å². The monoisotopic (exact) mass is 188 g/mol. The van der Waals surface area contributed by atoms with Crippen LogP contribution in [0.5, 0.6) is 0 Å². The van der Waals surface area contributed by atoms with Crippen LogP contribution in [0.25, 0.3) is 5.69 Å². The molecule has 0 saturated heterocycles. The van der Waals surface area contributed by atoms with Crippen LogP contribution in [0.15, 0.2) is 48.7 Å². The molecule has 1 aromatic carbocycles. The molecule has 1 aromatic heterocycles. The Kier molecular flexibility index (Phi) is 2.19. The molecule has 0 aliphatic carbocycles. The second kappa shape index (κ2) is 3.49. The Labute approximate surface area is 81.5 Å². The van der Waals surface area contributed by atoms with Crippen molar-refractivity contribution in [3.8, 4) is 5.69 Å². The van der Waals surface area contributed by atoms with Gasteiger partial charge in [0.25, 0.3) is 0 Å². The maximum atomic E-state index is 5.13. The number of nitrogens with zero attached hydrogens (tertiary/aromatic N) is 2. The quantitative estimate of drug-likeness (QED) is 0.640. The number of benzene rings is 1. The fraction of sp³-hybridized carbons (Fsp3) is 0. The lowest BCUT2D eigenvalue weighted by Crippen LogP contribution is -1.99. The van der Waals surface area contributed by atoms with Crippen molar-refractivity contribution < 1.29 is 0 Å². The molecule has 2 rings (SSSR count). The van der Waals surface area contributed by atoms with Crippen molar-refractivity contribution in [3.05, 3.63) is 53.3 Å². The Hall–Kier alpha value is -1.48. The number of hydrogen-bond acceptors (Lipinski definition) is 2. The normalized spacial score (nSPS) is 9.85. The van der Waals surface area contributed by atoms with E-state index in [4.69, 9.17) is 12.2 Å². The van der Waals surface area contributed by atoms with Crippen LogP contribution < -0.4 is 0 Å². The first-order chi connectivity index (χ1) is 6.38. The van der Waals surface area contributed by atoms with E-state index in [1.54, 1.807) is 10.9 Å². The molecule has 0 radical (unpaired) electrons. The molecule has 0 N–H and O–H groups in total. The third kappa shape index (κ3) is 1.65. The maximum Gasteiger partial charge on any atom is 0.128 e. The van der Waals surface area contributed by atoms with E-state index in [0.717, 1.165) is 5.69 Å². The van der Waals surface area contributed by atoms with Crippen LogP contribution in [0.2, 0.25) is 0 Å². The summed E-state index contributed by atoms with van der Waals surface area (Å²) < 4.78 is 2.45. The van der Waals surface area contributed by atoms with Gasteiger partial charge in [-0.15, -0.1) is 0 Å². The van der Waals surface area contributed by atoms with E-state index in [-0.39, 0.29) is 0 Å². The zero-order valence-electron chi connectivity index (χ0n) is 6.92. The highest BCUT2D eigenvalue weighted by Crippen LogP contribution is 2.04. The van der Waals surface area contributed by atoms with E-state index in [9.17, 15) is 0 Å². The largest absolute Gasteiger partial charge is 0.223 e. The number of hydrogen-bond donors (Lipinski definition) is 0. The highest BCUT2D eigenvalue weighted by Gasteiger charge is 1.93. The summed E-state index contributed by atoms with van der Waals surface area (Å²) in [5.41, 5.74) is 0.994. The van der Waals surface area contributed by atoms with Crippen LogP contribution in [0.4, 0.5) is 0 Å². The lowest BCUT2D eigenvalue weighted by molar-refractivity contribution is 0.829. The van der Waals surface area contributed by atoms with E-state index in [0.29, 0.717) is 4.64 Å². The van der Waals surface area contributed by atoms with Crippen molar-refractivity contribution >= 4 is 12.2 Å². The summed E-state index contributed by atoms with van der Waals surface area (Å²) in [7, 11) is 0. The topological polar surface area (TPSA) is 17.8 Å². The SMILES string of the molecule is S=c1cccnn1-c1ccccc1. The van der Waals surface area contributed by atoms with E-state index in [1.165, 1.54) is 0 Å². The Morgan fingerprint density at radius 1 is 1.00 bits per heavy atom. The molecule has 0 unspecified atom stereocenters. The molecule has 2 nitrogen and oxygen atoms in total. The highest BCUT2D eigenvalue weighted by molar-refractivity contribution is 7.71. The van der Waals surface area contributed by atoms with Crippen molar-refractivity contribution in [2.75, 3.05) is 0 Å². The van der Waals surface area contributed by atoms with Crippen LogP contribution in [0.1, 0.15) is 0 Å². The Morgan fingerprint density at radius 2 is 1.77 bits per heavy atom. The van der Waals surface area contributed by atoms with Gasteiger partial charge in [-0.2, -0.15) is 5.10 Å².